The van der Waals surface area contributed by atoms with E-state index in [1.165, 1.54) is 38.5 Å². The van der Waals surface area contributed by atoms with Crippen molar-refractivity contribution in [2.24, 2.45) is 0 Å². The van der Waals surface area contributed by atoms with Crippen LogP contribution in [0.1, 0.15) is 52.4 Å². The van der Waals surface area contributed by atoms with Crippen LogP contribution in [0.25, 0.3) is 0 Å². The fourth-order valence-electron chi connectivity index (χ4n) is 0.854. The van der Waals surface area contributed by atoms with Crippen molar-refractivity contribution in [1.29, 1.82) is 0 Å². The molecule has 0 saturated carbocycles. The normalized spacial score (nSPS) is 9.42. The van der Waals surface area contributed by atoms with Crippen molar-refractivity contribution in [1.82, 2.24) is 0 Å². The van der Waals surface area contributed by atoms with Crippen LogP contribution in [0.5, 0.6) is 0 Å². The van der Waals surface area contributed by atoms with Gasteiger partial charge in [0.05, 0.1) is 0 Å². The molecule has 0 aromatic carbocycles. The topological polar surface area (TPSA) is 17.1 Å². The Morgan fingerprint density at radius 3 is 1.25 bits per heavy atom. The Morgan fingerprint density at radius 1 is 0.833 bits per heavy atom. The van der Waals surface area contributed by atoms with Gasteiger partial charge >= 0.3 is 0 Å². The fraction of sp³-hybridized carbons (Fsp3) is 1.00. The van der Waals surface area contributed by atoms with Crippen molar-refractivity contribution >= 4 is 10.8 Å². The van der Waals surface area contributed by atoms with Crippen molar-refractivity contribution in [2.75, 3.05) is 12.5 Å². The molecule has 0 aliphatic rings. The quantitative estimate of drug-likeness (QED) is 0.610. The Morgan fingerprint density at radius 2 is 1.08 bits per heavy atom. The number of hydrogen-bond acceptors (Lipinski definition) is 1. The minimum absolute atomic E-state index is 0.611. The Balaban J connectivity index is 0. The molecular weight excluding hydrogens is 168 g/mol. The molecule has 0 aliphatic heterocycles. The molecule has 2 heteroatoms. The summed E-state index contributed by atoms with van der Waals surface area (Å²) < 4.78 is 9.56. The molecule has 0 fully saturated rings. The van der Waals surface area contributed by atoms with Crippen LogP contribution in [0, 0.1) is 0 Å². The van der Waals surface area contributed by atoms with Crippen LogP contribution in [-0.2, 0) is 10.8 Å². The molecule has 12 heavy (non-hydrogen) atoms. The van der Waals surface area contributed by atoms with Crippen LogP contribution in [0.4, 0.5) is 0 Å². The SMILES string of the molecule is CCCCCCCC.CS(C)=O. The first kappa shape index (κ1) is 14.7. The zero-order valence-electron chi connectivity index (χ0n) is 9.06. The zero-order valence-corrected chi connectivity index (χ0v) is 9.88. The average Bonchev–Trinajstić information content (AvgIpc) is 1.97. The van der Waals surface area contributed by atoms with Crippen molar-refractivity contribution in [3.05, 3.63) is 0 Å². The highest BCUT2D eigenvalue weighted by Crippen LogP contribution is 2.03. The lowest BCUT2D eigenvalue weighted by molar-refractivity contribution is 0.624. The Hall–Kier alpha value is 0.150. The van der Waals surface area contributed by atoms with Crippen molar-refractivity contribution in [3.63, 3.8) is 0 Å². The van der Waals surface area contributed by atoms with Gasteiger partial charge in [-0.2, -0.15) is 0 Å². The molecule has 0 atom stereocenters. The van der Waals surface area contributed by atoms with E-state index in [-0.39, 0.29) is 0 Å². The van der Waals surface area contributed by atoms with Gasteiger partial charge in [-0.1, -0.05) is 52.4 Å². The minimum Gasteiger partial charge on any atom is -0.260 e. The summed E-state index contributed by atoms with van der Waals surface area (Å²) in [6.07, 6.45) is 11.8. The van der Waals surface area contributed by atoms with E-state index in [0.717, 1.165) is 0 Å². The van der Waals surface area contributed by atoms with Gasteiger partial charge in [0.25, 0.3) is 0 Å². The van der Waals surface area contributed by atoms with Crippen LogP contribution in [0.2, 0.25) is 0 Å². The summed E-state index contributed by atoms with van der Waals surface area (Å²) in [5, 5.41) is 0. The molecule has 0 aliphatic carbocycles. The first-order chi connectivity index (χ1) is 5.65. The number of rotatable bonds is 5. The molecule has 0 amide bonds. The summed E-state index contributed by atoms with van der Waals surface area (Å²) in [4.78, 5) is 0. The van der Waals surface area contributed by atoms with Gasteiger partial charge in [-0.15, -0.1) is 0 Å². The fourth-order valence-corrected chi connectivity index (χ4v) is 0.854. The highest BCUT2D eigenvalue weighted by atomic mass is 32.2. The first-order valence-electron chi connectivity index (χ1n) is 4.90. The number of unbranched alkanes of at least 4 members (excludes halogenated alkanes) is 5. The van der Waals surface area contributed by atoms with Gasteiger partial charge in [0.2, 0.25) is 0 Å². The van der Waals surface area contributed by atoms with E-state index >= 15 is 0 Å². The van der Waals surface area contributed by atoms with E-state index in [1.807, 2.05) is 0 Å². The largest absolute Gasteiger partial charge is 0.260 e. The molecule has 0 unspecified atom stereocenters. The highest BCUT2D eigenvalue weighted by molar-refractivity contribution is 7.83. The third-order valence-corrected chi connectivity index (χ3v) is 1.46. The predicted molar refractivity (Wildman–Crippen MR) is 59.0 cm³/mol. The molecule has 1 nitrogen and oxygen atoms in total. The lowest BCUT2D eigenvalue weighted by Crippen LogP contribution is -1.73. The van der Waals surface area contributed by atoms with Gasteiger partial charge in [0.1, 0.15) is 0 Å². The summed E-state index contributed by atoms with van der Waals surface area (Å²) in [5.74, 6) is 0. The maximum absolute atomic E-state index is 9.56. The Labute approximate surface area is 80.4 Å². The van der Waals surface area contributed by atoms with Crippen molar-refractivity contribution in [2.45, 2.75) is 52.4 Å². The molecule has 76 valence electrons. The van der Waals surface area contributed by atoms with Gasteiger partial charge in [0.15, 0.2) is 0 Å². The van der Waals surface area contributed by atoms with Crippen LogP contribution in [0.3, 0.4) is 0 Å². The molecule has 0 radical (unpaired) electrons. The summed E-state index contributed by atoms with van der Waals surface area (Å²) in [5.41, 5.74) is 0. The van der Waals surface area contributed by atoms with Crippen LogP contribution in [-0.4, -0.2) is 16.7 Å². The molecule has 0 aromatic rings. The third kappa shape index (κ3) is 32.0. The summed E-state index contributed by atoms with van der Waals surface area (Å²) in [6.45, 7) is 4.51. The third-order valence-electron chi connectivity index (χ3n) is 1.46. The van der Waals surface area contributed by atoms with Gasteiger partial charge < -0.3 is 0 Å². The monoisotopic (exact) mass is 192 g/mol. The molecule has 0 spiro atoms. The molecule has 0 bridgehead atoms. The van der Waals surface area contributed by atoms with E-state index in [9.17, 15) is 4.21 Å². The van der Waals surface area contributed by atoms with Gasteiger partial charge in [-0.25, -0.2) is 0 Å². The molecule has 0 saturated heterocycles. The van der Waals surface area contributed by atoms with Crippen LogP contribution >= 0.6 is 0 Å². The maximum atomic E-state index is 9.56. The van der Waals surface area contributed by atoms with E-state index in [1.54, 1.807) is 12.5 Å². The summed E-state index contributed by atoms with van der Waals surface area (Å²) >= 11 is 0. The predicted octanol–water partition coefficient (Wildman–Crippen LogP) is 3.36. The molecule has 0 heterocycles. The first-order valence-corrected chi connectivity index (χ1v) is 6.86. The second kappa shape index (κ2) is 13.7. The van der Waals surface area contributed by atoms with Gasteiger partial charge in [-0.3, -0.25) is 4.21 Å². The number of hydrogen-bond donors (Lipinski definition) is 0. The smallest absolute Gasteiger partial charge is 0.0148 e. The van der Waals surface area contributed by atoms with E-state index in [4.69, 9.17) is 0 Å². The van der Waals surface area contributed by atoms with Gasteiger partial charge in [0, 0.05) is 23.3 Å². The average molecular weight is 192 g/mol. The molecule has 0 rings (SSSR count). The van der Waals surface area contributed by atoms with E-state index < -0.39 is 10.8 Å². The molecule has 0 aromatic heterocycles. The molecular formula is C10H24OS. The summed E-state index contributed by atoms with van der Waals surface area (Å²) in [6, 6.07) is 0. The second-order valence-corrected chi connectivity index (χ2v) is 4.64. The van der Waals surface area contributed by atoms with Crippen LogP contribution < -0.4 is 0 Å². The maximum Gasteiger partial charge on any atom is 0.0148 e. The standard InChI is InChI=1S/C8H18.C2H6OS/c1-3-5-7-8-6-4-2;1-4(2)3/h3-8H2,1-2H3;1-2H3. The zero-order chi connectivity index (χ0) is 9.82. The Kier molecular flexibility index (Phi) is 16.8. The van der Waals surface area contributed by atoms with Crippen LogP contribution in [0.15, 0.2) is 0 Å². The second-order valence-electron chi connectivity index (χ2n) is 3.16. The molecule has 0 N–H and O–H groups in total. The lowest BCUT2D eigenvalue weighted by atomic mass is 10.1. The highest BCUT2D eigenvalue weighted by Gasteiger charge is 1.83. The van der Waals surface area contributed by atoms with Gasteiger partial charge in [-0.05, 0) is 0 Å². The van der Waals surface area contributed by atoms with E-state index in [2.05, 4.69) is 13.8 Å². The lowest BCUT2D eigenvalue weighted by Gasteiger charge is -1.93. The Bertz CT molecular complexity index is 81.8. The summed E-state index contributed by atoms with van der Waals surface area (Å²) in [7, 11) is -0.611. The minimum atomic E-state index is -0.611. The van der Waals surface area contributed by atoms with Crippen molar-refractivity contribution in [3.8, 4) is 0 Å². The van der Waals surface area contributed by atoms with E-state index in [0.29, 0.717) is 0 Å². The van der Waals surface area contributed by atoms with Crippen molar-refractivity contribution < 1.29 is 4.21 Å².